The third kappa shape index (κ3) is 2.87. The highest BCUT2D eigenvalue weighted by molar-refractivity contribution is 5.85. The van der Waals surface area contributed by atoms with Crippen LogP contribution in [0.15, 0.2) is 60.7 Å². The van der Waals surface area contributed by atoms with E-state index >= 15 is 0 Å². The number of hydrogen-bond acceptors (Lipinski definition) is 3. The molecule has 1 N–H and O–H groups in total. The molecule has 0 aliphatic rings. The molecule has 0 spiro atoms. The van der Waals surface area contributed by atoms with E-state index in [-0.39, 0.29) is 0 Å². The number of methoxy groups -OCH3 is 1. The molecule has 100 valence electrons. The normalized spacial score (nSPS) is 12.7. The Labute approximate surface area is 117 Å². The lowest BCUT2D eigenvalue weighted by atomic mass is 9.94. The third-order valence-corrected chi connectivity index (χ3v) is 2.83. The number of aliphatic hydroxyl groups is 1. The van der Waals surface area contributed by atoms with Crippen molar-refractivity contribution in [3.63, 3.8) is 0 Å². The van der Waals surface area contributed by atoms with Crippen LogP contribution in [0.4, 0.5) is 0 Å². The second kappa shape index (κ2) is 6.05. The first kappa shape index (κ1) is 13.9. The maximum atomic E-state index is 11.9. The Morgan fingerprint density at radius 1 is 1.05 bits per heavy atom. The molecule has 2 rings (SSSR count). The molecule has 0 amide bonds. The Balaban J connectivity index is 2.45. The van der Waals surface area contributed by atoms with Gasteiger partial charge in [-0.15, -0.1) is 0 Å². The highest BCUT2D eigenvalue weighted by Gasteiger charge is 2.37. The molecule has 20 heavy (non-hydrogen) atoms. The second-order valence-electron chi connectivity index (χ2n) is 4.18. The van der Waals surface area contributed by atoms with Crippen LogP contribution < -0.4 is 0 Å². The van der Waals surface area contributed by atoms with Crippen LogP contribution in [0.1, 0.15) is 11.1 Å². The molecule has 2 aromatic rings. The van der Waals surface area contributed by atoms with Gasteiger partial charge in [0.2, 0.25) is 0 Å². The van der Waals surface area contributed by atoms with Crippen molar-refractivity contribution in [2.45, 2.75) is 5.60 Å². The number of benzene rings is 2. The van der Waals surface area contributed by atoms with Crippen molar-refractivity contribution in [3.8, 4) is 11.8 Å². The summed E-state index contributed by atoms with van der Waals surface area (Å²) in [4.78, 5) is 11.9. The maximum absolute atomic E-state index is 11.9. The summed E-state index contributed by atoms with van der Waals surface area (Å²) in [6.45, 7) is 0. The summed E-state index contributed by atoms with van der Waals surface area (Å²) in [6.07, 6.45) is 0. The molecule has 0 unspecified atom stereocenters. The van der Waals surface area contributed by atoms with Gasteiger partial charge in [-0.1, -0.05) is 54.5 Å². The van der Waals surface area contributed by atoms with Gasteiger partial charge in [0.25, 0.3) is 5.60 Å². The van der Waals surface area contributed by atoms with Crippen molar-refractivity contribution < 1.29 is 14.6 Å². The monoisotopic (exact) mass is 266 g/mol. The summed E-state index contributed by atoms with van der Waals surface area (Å²) in [7, 11) is 1.22. The van der Waals surface area contributed by atoms with Gasteiger partial charge in [-0.05, 0) is 18.1 Å². The number of rotatable bonds is 2. The van der Waals surface area contributed by atoms with E-state index in [0.29, 0.717) is 11.1 Å². The fourth-order valence-corrected chi connectivity index (χ4v) is 1.75. The highest BCUT2D eigenvalue weighted by Crippen LogP contribution is 2.22. The van der Waals surface area contributed by atoms with Gasteiger partial charge >= 0.3 is 5.97 Å². The first-order valence-electron chi connectivity index (χ1n) is 6.11. The SMILES string of the molecule is COC(=O)[C@@](O)(C#Cc1ccccc1)c1ccccc1. The molecular formula is C17H14O3. The van der Waals surface area contributed by atoms with Crippen LogP contribution in [-0.2, 0) is 15.1 Å². The molecule has 0 saturated heterocycles. The van der Waals surface area contributed by atoms with E-state index in [0.717, 1.165) is 0 Å². The zero-order valence-electron chi connectivity index (χ0n) is 11.0. The van der Waals surface area contributed by atoms with Crippen molar-refractivity contribution in [2.24, 2.45) is 0 Å². The molecule has 0 aromatic heterocycles. The van der Waals surface area contributed by atoms with Gasteiger partial charge in [0.05, 0.1) is 7.11 Å². The second-order valence-corrected chi connectivity index (χ2v) is 4.18. The topological polar surface area (TPSA) is 46.5 Å². The Morgan fingerprint density at radius 3 is 2.15 bits per heavy atom. The van der Waals surface area contributed by atoms with Crippen LogP contribution in [0.25, 0.3) is 0 Å². The van der Waals surface area contributed by atoms with Crippen molar-refractivity contribution in [2.75, 3.05) is 7.11 Å². The van der Waals surface area contributed by atoms with Gasteiger partial charge in [0.1, 0.15) is 0 Å². The minimum atomic E-state index is -1.97. The smallest absolute Gasteiger partial charge is 0.355 e. The highest BCUT2D eigenvalue weighted by atomic mass is 16.5. The Bertz CT molecular complexity index is 638. The molecular weight excluding hydrogens is 252 g/mol. The number of esters is 1. The fraction of sp³-hybridized carbons (Fsp3) is 0.118. The quantitative estimate of drug-likeness (QED) is 0.669. The number of carbonyl (C=O) groups excluding carboxylic acids is 1. The van der Waals surface area contributed by atoms with Gasteiger partial charge in [0.15, 0.2) is 0 Å². The van der Waals surface area contributed by atoms with Crippen molar-refractivity contribution in [1.29, 1.82) is 0 Å². The lowest BCUT2D eigenvalue weighted by molar-refractivity contribution is -0.157. The molecule has 0 saturated carbocycles. The summed E-state index contributed by atoms with van der Waals surface area (Å²) >= 11 is 0. The lowest BCUT2D eigenvalue weighted by Gasteiger charge is -2.19. The van der Waals surface area contributed by atoms with E-state index in [2.05, 4.69) is 16.6 Å². The van der Waals surface area contributed by atoms with Crippen molar-refractivity contribution >= 4 is 5.97 Å². The maximum Gasteiger partial charge on any atom is 0.355 e. The summed E-state index contributed by atoms with van der Waals surface area (Å²) < 4.78 is 4.67. The average molecular weight is 266 g/mol. The molecule has 0 aliphatic heterocycles. The number of hydrogen-bond donors (Lipinski definition) is 1. The molecule has 0 aliphatic carbocycles. The van der Waals surface area contributed by atoms with E-state index in [4.69, 9.17) is 0 Å². The molecule has 3 nitrogen and oxygen atoms in total. The van der Waals surface area contributed by atoms with E-state index in [9.17, 15) is 9.90 Å². The van der Waals surface area contributed by atoms with Crippen molar-refractivity contribution in [3.05, 3.63) is 71.8 Å². The summed E-state index contributed by atoms with van der Waals surface area (Å²) in [5.74, 6) is 4.61. The lowest BCUT2D eigenvalue weighted by Crippen LogP contribution is -2.35. The fourth-order valence-electron chi connectivity index (χ4n) is 1.75. The van der Waals surface area contributed by atoms with E-state index < -0.39 is 11.6 Å². The predicted molar refractivity (Wildman–Crippen MR) is 75.7 cm³/mol. The summed E-state index contributed by atoms with van der Waals surface area (Å²) in [6, 6.07) is 17.7. The predicted octanol–water partition coefficient (Wildman–Crippen LogP) is 2.10. The molecule has 1 atom stereocenters. The van der Waals surface area contributed by atoms with E-state index in [1.54, 1.807) is 42.5 Å². The van der Waals surface area contributed by atoms with Gasteiger partial charge in [-0.3, -0.25) is 0 Å². The van der Waals surface area contributed by atoms with Crippen LogP contribution >= 0.6 is 0 Å². The Hall–Kier alpha value is -2.57. The van der Waals surface area contributed by atoms with Crippen LogP contribution in [0.3, 0.4) is 0 Å². The van der Waals surface area contributed by atoms with Crippen LogP contribution in [0, 0.1) is 11.8 Å². The van der Waals surface area contributed by atoms with Crippen LogP contribution in [0.5, 0.6) is 0 Å². The first-order chi connectivity index (χ1) is 9.66. The van der Waals surface area contributed by atoms with Gasteiger partial charge < -0.3 is 9.84 Å². The zero-order valence-corrected chi connectivity index (χ0v) is 11.0. The molecule has 3 heteroatoms. The molecule has 2 aromatic carbocycles. The third-order valence-electron chi connectivity index (χ3n) is 2.83. The van der Waals surface area contributed by atoms with Gasteiger partial charge in [0, 0.05) is 11.1 Å². The standard InChI is InChI=1S/C17H14O3/c1-20-16(18)17(19,15-10-6-3-7-11-15)13-12-14-8-4-2-5-9-14/h2-11,19H,1H3/t17-/m1/s1. The Morgan fingerprint density at radius 2 is 1.60 bits per heavy atom. The molecule has 0 bridgehead atoms. The van der Waals surface area contributed by atoms with E-state index in [1.165, 1.54) is 7.11 Å². The first-order valence-corrected chi connectivity index (χ1v) is 6.11. The van der Waals surface area contributed by atoms with Crippen LogP contribution in [-0.4, -0.2) is 18.2 Å². The number of carbonyl (C=O) groups is 1. The van der Waals surface area contributed by atoms with Crippen molar-refractivity contribution in [1.82, 2.24) is 0 Å². The minimum Gasteiger partial charge on any atom is -0.466 e. The van der Waals surface area contributed by atoms with Crippen LogP contribution in [0.2, 0.25) is 0 Å². The molecule has 0 fully saturated rings. The largest absolute Gasteiger partial charge is 0.466 e. The summed E-state index contributed by atoms with van der Waals surface area (Å²) in [5, 5.41) is 10.6. The van der Waals surface area contributed by atoms with Gasteiger partial charge in [-0.2, -0.15) is 0 Å². The molecule has 0 radical (unpaired) electrons. The average Bonchev–Trinajstić information content (AvgIpc) is 2.53. The Kier molecular flexibility index (Phi) is 4.19. The zero-order chi connectivity index (χ0) is 14.4. The van der Waals surface area contributed by atoms with Gasteiger partial charge in [-0.25, -0.2) is 4.79 Å². The number of ether oxygens (including phenoxy) is 1. The summed E-state index contributed by atoms with van der Waals surface area (Å²) in [5.41, 5.74) is -0.868. The van der Waals surface area contributed by atoms with E-state index in [1.807, 2.05) is 18.2 Å². The molecule has 0 heterocycles. The minimum absolute atomic E-state index is 0.385.